The van der Waals surface area contributed by atoms with Gasteiger partial charge in [0.1, 0.15) is 35.2 Å². The van der Waals surface area contributed by atoms with Crippen LogP contribution in [0.1, 0.15) is 98.8 Å². The van der Waals surface area contributed by atoms with Gasteiger partial charge in [0.25, 0.3) is 5.56 Å². The van der Waals surface area contributed by atoms with Crippen LogP contribution >= 0.6 is 23.5 Å². The van der Waals surface area contributed by atoms with Gasteiger partial charge in [0.2, 0.25) is 0 Å². The Bertz CT molecular complexity index is 2730. The maximum atomic E-state index is 13.8. The van der Waals surface area contributed by atoms with Gasteiger partial charge in [-0.05, 0) is 126 Å². The minimum atomic E-state index is -0.496. The Balaban J connectivity index is 0.936. The van der Waals surface area contributed by atoms with Gasteiger partial charge in [0.15, 0.2) is 0 Å². The summed E-state index contributed by atoms with van der Waals surface area (Å²) in [6.07, 6.45) is 5.96. The summed E-state index contributed by atoms with van der Waals surface area (Å²) in [6.45, 7) is 11.5. The Labute approximate surface area is 430 Å². The van der Waals surface area contributed by atoms with Crippen LogP contribution in [0.15, 0.2) is 101 Å². The molecule has 7 rings (SSSR count). The van der Waals surface area contributed by atoms with Crippen LogP contribution in [0, 0.1) is 11.8 Å². The van der Waals surface area contributed by atoms with Crippen molar-refractivity contribution in [1.29, 1.82) is 0 Å². The molecule has 2 fully saturated rings. The van der Waals surface area contributed by atoms with E-state index in [1.54, 1.807) is 67.7 Å². The number of thioether (sulfide) groups is 2. The first-order chi connectivity index (χ1) is 35.2. The fourth-order valence-electron chi connectivity index (χ4n) is 8.28. The molecule has 3 aromatic carbocycles. The Morgan fingerprint density at radius 3 is 1.41 bits per heavy atom. The molecule has 0 amide bonds. The van der Waals surface area contributed by atoms with Gasteiger partial charge in [0.05, 0.1) is 74.0 Å². The van der Waals surface area contributed by atoms with Crippen LogP contribution in [0.4, 0.5) is 0 Å². The van der Waals surface area contributed by atoms with E-state index in [-0.39, 0.29) is 42.5 Å². The van der Waals surface area contributed by atoms with Gasteiger partial charge in [-0.15, -0.1) is 0 Å². The van der Waals surface area contributed by atoms with E-state index in [1.807, 2.05) is 13.8 Å². The van der Waals surface area contributed by atoms with E-state index < -0.39 is 47.7 Å². The van der Waals surface area contributed by atoms with Gasteiger partial charge in [-0.3, -0.25) is 24.2 Å². The number of hydrogen-bond donors (Lipinski definition) is 1. The Kier molecular flexibility index (Phi) is 18.9. The Morgan fingerprint density at radius 2 is 1.03 bits per heavy atom. The lowest BCUT2D eigenvalue weighted by molar-refractivity contribution is -0.142. The molecule has 3 aliphatic rings. The van der Waals surface area contributed by atoms with Crippen molar-refractivity contribution in [2.24, 2.45) is 18.9 Å². The highest BCUT2D eigenvalue weighted by Crippen LogP contribution is 2.58. The number of nitrogens with zero attached hydrogens (tertiary/aromatic N) is 1. The molecule has 386 valence electrons. The van der Waals surface area contributed by atoms with Crippen LogP contribution in [-0.4, -0.2) is 84.2 Å². The first-order valence-electron chi connectivity index (χ1n) is 24.1. The molecule has 73 heavy (non-hydrogen) atoms. The smallest absolute Gasteiger partial charge is 0.338 e. The lowest BCUT2D eigenvalue weighted by atomic mass is 9.87. The number of carbonyl (C=O) groups is 6. The molecule has 4 aromatic rings. The molecule has 17 nitrogen and oxygen atoms in total. The van der Waals surface area contributed by atoms with E-state index in [4.69, 9.17) is 37.9 Å². The third-order valence-corrected chi connectivity index (χ3v) is 14.9. The zero-order chi connectivity index (χ0) is 52.0. The predicted octanol–water partition coefficient (Wildman–Crippen LogP) is 7.51. The van der Waals surface area contributed by atoms with Crippen LogP contribution < -0.4 is 35.1 Å². The number of H-pyrrole nitrogens is 1. The van der Waals surface area contributed by atoms with Gasteiger partial charge in [-0.2, -0.15) is 0 Å². The van der Waals surface area contributed by atoms with Gasteiger partial charge < -0.3 is 37.9 Å². The van der Waals surface area contributed by atoms with Crippen LogP contribution in [-0.2, 0) is 45.2 Å². The largest absolute Gasteiger partial charge is 0.493 e. The molecule has 2 heterocycles. The third-order valence-electron chi connectivity index (χ3n) is 12.3. The van der Waals surface area contributed by atoms with Crippen molar-refractivity contribution in [1.82, 2.24) is 9.78 Å². The van der Waals surface area contributed by atoms with Crippen LogP contribution in [0.3, 0.4) is 0 Å². The summed E-state index contributed by atoms with van der Waals surface area (Å²) in [6, 6.07) is 16.3. The molecule has 0 radical (unpaired) electrons. The molecular formula is C54H58N2O15S2. The zero-order valence-electron chi connectivity index (χ0n) is 40.9. The number of nitrogens with one attached hydrogen (secondary N) is 1. The molecule has 1 N–H and O–H groups in total. The number of esters is 6. The quantitative estimate of drug-likeness (QED) is 0.0298. The monoisotopic (exact) mass is 1040 g/mol. The second kappa shape index (κ2) is 25.6. The van der Waals surface area contributed by atoms with Crippen LogP contribution in [0.2, 0.25) is 0 Å². The topological polar surface area (TPSA) is 214 Å². The van der Waals surface area contributed by atoms with Crippen molar-refractivity contribution in [2.45, 2.75) is 100 Å². The van der Waals surface area contributed by atoms with E-state index in [0.717, 1.165) is 17.7 Å². The lowest BCUT2D eigenvalue weighted by Crippen LogP contribution is -2.36. The first-order valence-corrected chi connectivity index (χ1v) is 25.7. The number of aromatic amines is 1. The standard InChI is InChI=1S/C54H58N2O15S2/c1-6-43(57)66-30-8-28-64-37-18-10-33(11-19-37)50(60)68-39-22-14-35(15-23-39)52(62)70-41-26-27-42(48-47(41)72-54(73-48)45-46(32(3)4)55-56(5)49(45)59)71-53(63)36-16-24-40(25-17-36)69-51(61)34-12-20-38(21-13-34)65-29-9-31-67-44(58)7-2/h6-7,10-13,18-21,26-27,35-36,39-40,55H,1-2,8-9,14-17,22-25,28-31H2,3-5H3. The number of ether oxygens (including phenoxy) is 8. The number of aromatic nitrogens is 2. The van der Waals surface area contributed by atoms with Gasteiger partial charge in [-0.25, -0.2) is 19.2 Å². The maximum Gasteiger partial charge on any atom is 0.338 e. The predicted molar refractivity (Wildman–Crippen MR) is 271 cm³/mol. The average molecular weight is 1040 g/mol. The van der Waals surface area contributed by atoms with Crippen molar-refractivity contribution in [3.8, 4) is 23.0 Å². The van der Waals surface area contributed by atoms with Gasteiger partial charge in [0, 0.05) is 32.0 Å². The summed E-state index contributed by atoms with van der Waals surface area (Å²) in [5.74, 6) is -2.13. The molecule has 19 heteroatoms. The summed E-state index contributed by atoms with van der Waals surface area (Å²) in [7, 11) is 1.64. The van der Waals surface area contributed by atoms with E-state index >= 15 is 0 Å². The molecule has 0 spiro atoms. The van der Waals surface area contributed by atoms with Crippen molar-refractivity contribution < 1.29 is 66.7 Å². The van der Waals surface area contributed by atoms with E-state index in [2.05, 4.69) is 18.3 Å². The van der Waals surface area contributed by atoms with Crippen LogP contribution in [0.5, 0.6) is 23.0 Å². The fraction of sp³-hybridized carbons (Fsp3) is 0.389. The number of carbonyl (C=O) groups excluding carboxylic acids is 6. The van der Waals surface area contributed by atoms with E-state index in [1.165, 1.54) is 28.2 Å². The highest BCUT2D eigenvalue weighted by molar-refractivity contribution is 8.32. The molecule has 0 atom stereocenters. The molecule has 1 aromatic heterocycles. The van der Waals surface area contributed by atoms with Gasteiger partial charge >= 0.3 is 35.8 Å². The Hall–Kier alpha value is -6.99. The summed E-state index contributed by atoms with van der Waals surface area (Å²) in [4.78, 5) is 90.6. The minimum absolute atomic E-state index is 0.200. The van der Waals surface area contributed by atoms with Crippen LogP contribution in [0.25, 0.3) is 9.81 Å². The summed E-state index contributed by atoms with van der Waals surface area (Å²) >= 11 is 2.54. The molecule has 2 aliphatic carbocycles. The fourth-order valence-corrected chi connectivity index (χ4v) is 11.0. The second-order valence-electron chi connectivity index (χ2n) is 17.7. The number of fused-ring (bicyclic) bond motifs is 1. The first kappa shape index (κ1) is 53.8. The average Bonchev–Trinajstić information content (AvgIpc) is 3.98. The zero-order valence-corrected chi connectivity index (χ0v) is 42.6. The number of hydrogen-bond acceptors (Lipinski definition) is 17. The van der Waals surface area contributed by atoms with Crippen molar-refractivity contribution >= 4 is 69.1 Å². The maximum absolute atomic E-state index is 13.8. The molecule has 0 unspecified atom stereocenters. The molecular weight excluding hydrogens is 981 g/mol. The normalized spacial score (nSPS) is 18.0. The van der Waals surface area contributed by atoms with Crippen molar-refractivity contribution in [3.05, 3.63) is 118 Å². The number of benzene rings is 3. The SMILES string of the molecule is C=CC(=O)OCCCOc1ccc(C(=O)OC2CCC(C(=O)Oc3ccc(OC(=O)C4CCC(OC(=O)c5ccc(OCCCOC(=O)C=C)cc5)CC4)c4c3SC(=c3c(=C(C)C)[nH]n(C)c3=O)S4)CC2)cc1. The molecule has 2 saturated carbocycles. The van der Waals surface area contributed by atoms with Crippen molar-refractivity contribution in [3.63, 3.8) is 0 Å². The van der Waals surface area contributed by atoms with E-state index in [9.17, 15) is 33.6 Å². The highest BCUT2D eigenvalue weighted by atomic mass is 32.2. The highest BCUT2D eigenvalue weighted by Gasteiger charge is 2.35. The third kappa shape index (κ3) is 14.4. The molecule has 0 saturated heterocycles. The second-order valence-corrected chi connectivity index (χ2v) is 20.0. The summed E-state index contributed by atoms with van der Waals surface area (Å²) < 4.78 is 47.1. The van der Waals surface area contributed by atoms with E-state index in [0.29, 0.717) is 125 Å². The summed E-state index contributed by atoms with van der Waals surface area (Å²) in [5.41, 5.74) is 1.37. The Morgan fingerprint density at radius 1 is 0.616 bits per heavy atom. The minimum Gasteiger partial charge on any atom is -0.493 e. The molecule has 1 aliphatic heterocycles. The number of rotatable bonds is 20. The summed E-state index contributed by atoms with van der Waals surface area (Å²) in [5, 5.41) is 4.24. The van der Waals surface area contributed by atoms with Gasteiger partial charge in [-0.1, -0.05) is 42.3 Å². The van der Waals surface area contributed by atoms with Crippen molar-refractivity contribution in [2.75, 3.05) is 26.4 Å². The number of aryl methyl sites for hydroxylation is 1. The lowest BCUT2D eigenvalue weighted by Gasteiger charge is -2.27. The molecule has 0 bridgehead atoms.